The number of hydrogen-bond acceptors (Lipinski definition) is 2. The summed E-state index contributed by atoms with van der Waals surface area (Å²) < 4.78 is 2.02. The number of aromatic nitrogens is 1. The van der Waals surface area contributed by atoms with Crippen molar-refractivity contribution in [3.8, 4) is 21.8 Å². The molecule has 20 heavy (non-hydrogen) atoms. The van der Waals surface area contributed by atoms with Crippen LogP contribution in [-0.2, 0) is 0 Å². The van der Waals surface area contributed by atoms with E-state index in [1.807, 2.05) is 35.7 Å². The van der Waals surface area contributed by atoms with Crippen molar-refractivity contribution in [3.63, 3.8) is 0 Å². The molecule has 1 nitrogen and oxygen atoms in total. The van der Waals surface area contributed by atoms with Crippen molar-refractivity contribution in [2.45, 2.75) is 0 Å². The number of halogens is 3. The van der Waals surface area contributed by atoms with Gasteiger partial charge in [-0.25, -0.2) is 4.98 Å². The summed E-state index contributed by atoms with van der Waals surface area (Å²) in [6.07, 6.45) is 0. The first kappa shape index (κ1) is 14.3. The Morgan fingerprint density at radius 1 is 1.00 bits per heavy atom. The van der Waals surface area contributed by atoms with Gasteiger partial charge in [-0.15, -0.1) is 11.3 Å². The standard InChI is InChI=1S/C15H8Br2ClNS/c16-10-3-1-2-9(6-10)15-19-14(8-20-15)12-5-4-11(17)7-13(12)18/h1-8H. The van der Waals surface area contributed by atoms with Crippen molar-refractivity contribution in [2.75, 3.05) is 0 Å². The minimum atomic E-state index is 0.700. The Hall–Kier alpha value is -0.680. The maximum Gasteiger partial charge on any atom is 0.124 e. The smallest absolute Gasteiger partial charge is 0.124 e. The van der Waals surface area contributed by atoms with E-state index >= 15 is 0 Å². The molecular weight excluding hydrogens is 422 g/mol. The lowest BCUT2D eigenvalue weighted by atomic mass is 10.2. The molecule has 0 radical (unpaired) electrons. The average Bonchev–Trinajstić information content (AvgIpc) is 2.88. The molecule has 0 atom stereocenters. The zero-order chi connectivity index (χ0) is 14.1. The normalized spacial score (nSPS) is 10.8. The Balaban J connectivity index is 2.02. The quantitative estimate of drug-likeness (QED) is 0.444. The SMILES string of the molecule is Clc1cc(Br)ccc1-c1csc(-c2cccc(Br)c2)n1. The lowest BCUT2D eigenvalue weighted by Crippen LogP contribution is -1.81. The maximum atomic E-state index is 6.27. The number of nitrogens with zero attached hydrogens (tertiary/aromatic N) is 1. The highest BCUT2D eigenvalue weighted by molar-refractivity contribution is 9.10. The monoisotopic (exact) mass is 427 g/mol. The Labute approximate surface area is 142 Å². The summed E-state index contributed by atoms with van der Waals surface area (Å²) in [6, 6.07) is 14.0. The third-order valence-electron chi connectivity index (χ3n) is 2.78. The third-order valence-corrected chi connectivity index (χ3v) is 4.97. The van der Waals surface area contributed by atoms with Crippen molar-refractivity contribution >= 4 is 54.8 Å². The summed E-state index contributed by atoms with van der Waals surface area (Å²) in [7, 11) is 0. The van der Waals surface area contributed by atoms with Gasteiger partial charge in [0.1, 0.15) is 5.01 Å². The highest BCUT2D eigenvalue weighted by atomic mass is 79.9. The molecule has 0 aliphatic carbocycles. The predicted molar refractivity (Wildman–Crippen MR) is 93.4 cm³/mol. The van der Waals surface area contributed by atoms with Gasteiger partial charge >= 0.3 is 0 Å². The summed E-state index contributed by atoms with van der Waals surface area (Å²) in [4.78, 5) is 4.68. The number of thiazole rings is 1. The van der Waals surface area contributed by atoms with Crippen molar-refractivity contribution in [2.24, 2.45) is 0 Å². The minimum absolute atomic E-state index is 0.700. The van der Waals surface area contributed by atoms with Crippen molar-refractivity contribution in [1.82, 2.24) is 4.98 Å². The van der Waals surface area contributed by atoms with Gasteiger partial charge in [-0.3, -0.25) is 0 Å². The van der Waals surface area contributed by atoms with Gasteiger partial charge in [0.2, 0.25) is 0 Å². The predicted octanol–water partition coefficient (Wildman–Crippen LogP) is 6.66. The molecule has 100 valence electrons. The molecule has 0 amide bonds. The lowest BCUT2D eigenvalue weighted by Gasteiger charge is -2.01. The van der Waals surface area contributed by atoms with Crippen molar-refractivity contribution in [3.05, 3.63) is 61.8 Å². The first-order valence-electron chi connectivity index (χ1n) is 5.80. The van der Waals surface area contributed by atoms with Crippen molar-refractivity contribution in [1.29, 1.82) is 0 Å². The molecule has 0 aliphatic heterocycles. The zero-order valence-corrected chi connectivity index (χ0v) is 14.9. The largest absolute Gasteiger partial charge is 0.236 e. The summed E-state index contributed by atoms with van der Waals surface area (Å²) in [5, 5.41) is 3.72. The summed E-state index contributed by atoms with van der Waals surface area (Å²) in [6.45, 7) is 0. The molecule has 0 saturated heterocycles. The van der Waals surface area contributed by atoms with Crippen LogP contribution in [0.2, 0.25) is 5.02 Å². The van der Waals surface area contributed by atoms with E-state index in [2.05, 4.69) is 49.0 Å². The van der Waals surface area contributed by atoms with Crippen LogP contribution in [0.4, 0.5) is 0 Å². The van der Waals surface area contributed by atoms with Crippen molar-refractivity contribution < 1.29 is 0 Å². The van der Waals surface area contributed by atoms with E-state index < -0.39 is 0 Å². The van der Waals surface area contributed by atoms with Crippen LogP contribution in [0.15, 0.2) is 56.8 Å². The van der Waals surface area contributed by atoms with Gasteiger partial charge in [0, 0.05) is 25.5 Å². The molecule has 2 aromatic carbocycles. The fourth-order valence-electron chi connectivity index (χ4n) is 1.85. The average molecular weight is 430 g/mol. The fraction of sp³-hybridized carbons (Fsp3) is 0. The highest BCUT2D eigenvalue weighted by Crippen LogP contribution is 2.34. The van der Waals surface area contributed by atoms with Gasteiger partial charge in [-0.2, -0.15) is 0 Å². The van der Waals surface area contributed by atoms with Crippen LogP contribution < -0.4 is 0 Å². The molecule has 0 aliphatic rings. The molecule has 0 bridgehead atoms. The topological polar surface area (TPSA) is 12.9 Å². The first-order valence-corrected chi connectivity index (χ1v) is 8.65. The van der Waals surface area contributed by atoms with Gasteiger partial charge in [-0.05, 0) is 24.3 Å². The maximum absolute atomic E-state index is 6.27. The van der Waals surface area contributed by atoms with Crippen LogP contribution in [0, 0.1) is 0 Å². The first-order chi connectivity index (χ1) is 9.63. The van der Waals surface area contributed by atoms with Gasteiger partial charge in [0.25, 0.3) is 0 Å². The zero-order valence-electron chi connectivity index (χ0n) is 10.1. The molecule has 5 heteroatoms. The van der Waals surface area contributed by atoms with E-state index in [1.54, 1.807) is 11.3 Å². The van der Waals surface area contributed by atoms with Gasteiger partial charge < -0.3 is 0 Å². The fourth-order valence-corrected chi connectivity index (χ4v) is 3.84. The van der Waals surface area contributed by atoms with Crippen LogP contribution in [-0.4, -0.2) is 4.98 Å². The van der Waals surface area contributed by atoms with E-state index in [9.17, 15) is 0 Å². The number of benzene rings is 2. The number of rotatable bonds is 2. The molecule has 3 aromatic rings. The Morgan fingerprint density at radius 2 is 1.80 bits per heavy atom. The molecule has 1 aromatic heterocycles. The molecule has 3 rings (SSSR count). The van der Waals surface area contributed by atoms with E-state index in [-0.39, 0.29) is 0 Å². The minimum Gasteiger partial charge on any atom is -0.236 e. The van der Waals surface area contributed by atoms with Crippen LogP contribution in [0.3, 0.4) is 0 Å². The molecular formula is C15H8Br2ClNS. The van der Waals surface area contributed by atoms with E-state index in [0.29, 0.717) is 5.02 Å². The third kappa shape index (κ3) is 2.98. The summed E-state index contributed by atoms with van der Waals surface area (Å²) >= 11 is 14.8. The molecule has 1 heterocycles. The van der Waals surface area contributed by atoms with E-state index in [0.717, 1.165) is 30.8 Å². The van der Waals surface area contributed by atoms with Crippen LogP contribution in [0.5, 0.6) is 0 Å². The van der Waals surface area contributed by atoms with Gasteiger partial charge in [-0.1, -0.05) is 61.7 Å². The second-order valence-electron chi connectivity index (χ2n) is 4.17. The Kier molecular flexibility index (Phi) is 4.26. The second kappa shape index (κ2) is 5.98. The molecule has 0 spiro atoms. The number of hydrogen-bond donors (Lipinski definition) is 0. The molecule has 0 unspecified atom stereocenters. The molecule has 0 fully saturated rings. The van der Waals surface area contributed by atoms with E-state index in [1.165, 1.54) is 0 Å². The van der Waals surface area contributed by atoms with Gasteiger partial charge in [0.05, 0.1) is 10.7 Å². The van der Waals surface area contributed by atoms with Crippen LogP contribution >= 0.6 is 54.8 Å². The second-order valence-corrected chi connectivity index (χ2v) is 7.27. The summed E-state index contributed by atoms with van der Waals surface area (Å²) in [5.74, 6) is 0. The van der Waals surface area contributed by atoms with Crippen LogP contribution in [0.1, 0.15) is 0 Å². The Morgan fingerprint density at radius 3 is 2.55 bits per heavy atom. The van der Waals surface area contributed by atoms with Gasteiger partial charge in [0.15, 0.2) is 0 Å². The molecule has 0 saturated carbocycles. The Bertz CT molecular complexity index is 770. The highest BCUT2D eigenvalue weighted by Gasteiger charge is 2.10. The lowest BCUT2D eigenvalue weighted by molar-refractivity contribution is 1.40. The van der Waals surface area contributed by atoms with E-state index in [4.69, 9.17) is 11.6 Å². The summed E-state index contributed by atoms with van der Waals surface area (Å²) in [5.41, 5.74) is 2.96. The molecule has 0 N–H and O–H groups in total. The van der Waals surface area contributed by atoms with Crippen LogP contribution in [0.25, 0.3) is 21.8 Å².